The summed E-state index contributed by atoms with van der Waals surface area (Å²) in [5.74, 6) is 1.40. The molecule has 6 heteroatoms. The lowest BCUT2D eigenvalue weighted by Crippen LogP contribution is -2.32. The van der Waals surface area contributed by atoms with Crippen LogP contribution in [-0.4, -0.2) is 28.8 Å². The van der Waals surface area contributed by atoms with Crippen molar-refractivity contribution < 1.29 is 9.72 Å². The van der Waals surface area contributed by atoms with E-state index in [-0.39, 0.29) is 17.8 Å². The van der Waals surface area contributed by atoms with Crippen molar-refractivity contribution in [2.75, 3.05) is 13.1 Å². The minimum absolute atomic E-state index is 0.0699. The van der Waals surface area contributed by atoms with Gasteiger partial charge in [-0.2, -0.15) is 0 Å². The number of rotatable bonds is 4. The maximum absolute atomic E-state index is 12.0. The van der Waals surface area contributed by atoms with Crippen LogP contribution in [0.1, 0.15) is 25.1 Å². The summed E-state index contributed by atoms with van der Waals surface area (Å²) in [6.45, 7) is 3.30. The number of hydrogen-bond acceptors (Lipinski definition) is 4. The summed E-state index contributed by atoms with van der Waals surface area (Å²) in [4.78, 5) is 24.1. The molecule has 20 heavy (non-hydrogen) atoms. The first-order chi connectivity index (χ1) is 9.56. The number of benzene rings is 1. The molecule has 0 aromatic heterocycles. The molecule has 1 saturated heterocycles. The second-order valence-electron chi connectivity index (χ2n) is 5.65. The largest absolute Gasteiger partial charge is 0.322 e. The first kappa shape index (κ1) is 13.1. The maximum Gasteiger partial charge on any atom is 0.269 e. The van der Waals surface area contributed by atoms with E-state index in [0.29, 0.717) is 18.4 Å². The Morgan fingerprint density at radius 3 is 2.60 bits per heavy atom. The van der Waals surface area contributed by atoms with Crippen molar-refractivity contribution in [1.29, 1.82) is 0 Å². The molecule has 3 atom stereocenters. The number of hydrogen-bond donors (Lipinski definition) is 1. The van der Waals surface area contributed by atoms with Crippen molar-refractivity contribution >= 4 is 11.6 Å². The van der Waals surface area contributed by atoms with Crippen molar-refractivity contribution in [2.24, 2.45) is 11.8 Å². The standard InChI is InChI=1S/C14H17N3O3/c1-9-6-11(9)8-16-13(18)7-15-14(16)10-2-4-12(5-3-10)17(19)20/h2-5,9,11,14-15H,6-8H2,1H3. The summed E-state index contributed by atoms with van der Waals surface area (Å²) in [7, 11) is 0. The highest BCUT2D eigenvalue weighted by Crippen LogP contribution is 2.40. The van der Waals surface area contributed by atoms with Crippen molar-refractivity contribution in [3.8, 4) is 0 Å². The molecular weight excluding hydrogens is 258 g/mol. The zero-order valence-corrected chi connectivity index (χ0v) is 11.3. The number of nitrogens with zero attached hydrogens (tertiary/aromatic N) is 2. The fraction of sp³-hybridized carbons (Fsp3) is 0.500. The lowest BCUT2D eigenvalue weighted by Gasteiger charge is -2.24. The number of amides is 1. The molecule has 6 nitrogen and oxygen atoms in total. The molecular formula is C14H17N3O3. The Balaban J connectivity index is 1.77. The van der Waals surface area contributed by atoms with E-state index in [4.69, 9.17) is 0 Å². The molecule has 1 aliphatic heterocycles. The van der Waals surface area contributed by atoms with Gasteiger partial charge in [0.25, 0.3) is 5.69 Å². The predicted molar refractivity (Wildman–Crippen MR) is 72.8 cm³/mol. The second kappa shape index (κ2) is 4.86. The van der Waals surface area contributed by atoms with Gasteiger partial charge in [-0.15, -0.1) is 0 Å². The van der Waals surface area contributed by atoms with Gasteiger partial charge in [-0.3, -0.25) is 20.2 Å². The Morgan fingerprint density at radius 2 is 2.05 bits per heavy atom. The molecule has 1 aromatic carbocycles. The Bertz CT molecular complexity index is 543. The van der Waals surface area contributed by atoms with Crippen LogP contribution in [0.2, 0.25) is 0 Å². The third-order valence-electron chi connectivity index (χ3n) is 4.21. The van der Waals surface area contributed by atoms with Crippen LogP contribution in [0.25, 0.3) is 0 Å². The van der Waals surface area contributed by atoms with Gasteiger partial charge in [0.2, 0.25) is 5.91 Å². The topological polar surface area (TPSA) is 75.5 Å². The first-order valence-electron chi connectivity index (χ1n) is 6.83. The highest BCUT2D eigenvalue weighted by Gasteiger charge is 2.40. The van der Waals surface area contributed by atoms with Crippen molar-refractivity contribution in [1.82, 2.24) is 10.2 Å². The Labute approximate surface area is 116 Å². The van der Waals surface area contributed by atoms with Crippen LogP contribution in [0.5, 0.6) is 0 Å². The summed E-state index contributed by atoms with van der Waals surface area (Å²) in [5, 5.41) is 13.8. The first-order valence-corrected chi connectivity index (χ1v) is 6.83. The normalized spacial score (nSPS) is 28.8. The third-order valence-corrected chi connectivity index (χ3v) is 4.21. The highest BCUT2D eigenvalue weighted by atomic mass is 16.6. The molecule has 1 aromatic rings. The van der Waals surface area contributed by atoms with Gasteiger partial charge in [0.15, 0.2) is 0 Å². The third kappa shape index (κ3) is 2.38. The molecule has 1 heterocycles. The van der Waals surface area contributed by atoms with Gasteiger partial charge in [-0.25, -0.2) is 0 Å². The average Bonchev–Trinajstić information content (AvgIpc) is 3.00. The van der Waals surface area contributed by atoms with E-state index >= 15 is 0 Å². The summed E-state index contributed by atoms with van der Waals surface area (Å²) >= 11 is 0. The molecule has 3 unspecified atom stereocenters. The molecule has 2 aliphatic rings. The van der Waals surface area contributed by atoms with Gasteiger partial charge in [0.05, 0.1) is 11.5 Å². The van der Waals surface area contributed by atoms with Gasteiger partial charge < -0.3 is 4.90 Å². The van der Waals surface area contributed by atoms with Crippen molar-refractivity contribution in [3.63, 3.8) is 0 Å². The van der Waals surface area contributed by atoms with Crippen LogP contribution in [0.15, 0.2) is 24.3 Å². The number of carbonyl (C=O) groups is 1. The molecule has 0 bridgehead atoms. The molecule has 2 fully saturated rings. The number of nitro groups is 1. The molecule has 106 valence electrons. The summed E-state index contributed by atoms with van der Waals surface area (Å²) in [6.07, 6.45) is 1.02. The zero-order chi connectivity index (χ0) is 14.3. The van der Waals surface area contributed by atoms with Gasteiger partial charge in [-0.05, 0) is 36.0 Å². The van der Waals surface area contributed by atoms with Crippen LogP contribution in [0.3, 0.4) is 0 Å². The molecule has 1 amide bonds. The lowest BCUT2D eigenvalue weighted by molar-refractivity contribution is -0.384. The number of nitrogens with one attached hydrogen (secondary N) is 1. The molecule has 1 saturated carbocycles. The van der Waals surface area contributed by atoms with Gasteiger partial charge in [-0.1, -0.05) is 6.92 Å². The van der Waals surface area contributed by atoms with Crippen molar-refractivity contribution in [2.45, 2.75) is 19.5 Å². The highest BCUT2D eigenvalue weighted by molar-refractivity contribution is 5.81. The minimum Gasteiger partial charge on any atom is -0.322 e. The SMILES string of the molecule is CC1CC1CN1C(=O)CNC1c1ccc([N+](=O)[O-])cc1. The summed E-state index contributed by atoms with van der Waals surface area (Å²) in [5.41, 5.74) is 0.968. The quantitative estimate of drug-likeness (QED) is 0.670. The molecule has 1 N–H and O–H groups in total. The predicted octanol–water partition coefficient (Wildman–Crippen LogP) is 1.68. The Kier molecular flexibility index (Phi) is 3.17. The zero-order valence-electron chi connectivity index (χ0n) is 11.3. The van der Waals surface area contributed by atoms with Gasteiger partial charge in [0.1, 0.15) is 6.17 Å². The number of non-ortho nitro benzene ring substituents is 1. The lowest BCUT2D eigenvalue weighted by atomic mass is 10.1. The minimum atomic E-state index is -0.416. The van der Waals surface area contributed by atoms with E-state index in [0.717, 1.165) is 12.1 Å². The van der Waals surface area contributed by atoms with E-state index in [1.165, 1.54) is 18.6 Å². The van der Waals surface area contributed by atoms with Crippen LogP contribution < -0.4 is 5.32 Å². The summed E-state index contributed by atoms with van der Waals surface area (Å²) in [6, 6.07) is 6.41. The van der Waals surface area contributed by atoms with Gasteiger partial charge in [0, 0.05) is 18.7 Å². The fourth-order valence-corrected chi connectivity index (χ4v) is 2.73. The Hall–Kier alpha value is -1.95. The summed E-state index contributed by atoms with van der Waals surface area (Å²) < 4.78 is 0. The number of nitro benzene ring substituents is 1. The Morgan fingerprint density at radius 1 is 1.40 bits per heavy atom. The monoisotopic (exact) mass is 275 g/mol. The smallest absolute Gasteiger partial charge is 0.269 e. The van der Waals surface area contributed by atoms with E-state index < -0.39 is 4.92 Å². The van der Waals surface area contributed by atoms with Gasteiger partial charge >= 0.3 is 0 Å². The molecule has 3 rings (SSSR count). The second-order valence-corrected chi connectivity index (χ2v) is 5.65. The number of carbonyl (C=O) groups excluding carboxylic acids is 1. The van der Waals surface area contributed by atoms with E-state index in [1.807, 2.05) is 4.90 Å². The molecule has 0 radical (unpaired) electrons. The van der Waals surface area contributed by atoms with E-state index in [2.05, 4.69) is 12.2 Å². The van der Waals surface area contributed by atoms with E-state index in [1.54, 1.807) is 12.1 Å². The van der Waals surface area contributed by atoms with Crippen molar-refractivity contribution in [3.05, 3.63) is 39.9 Å². The molecule has 1 aliphatic carbocycles. The average molecular weight is 275 g/mol. The van der Waals surface area contributed by atoms with E-state index in [9.17, 15) is 14.9 Å². The maximum atomic E-state index is 12.0. The van der Waals surface area contributed by atoms with Crippen LogP contribution in [0, 0.1) is 22.0 Å². The van der Waals surface area contributed by atoms with Crippen LogP contribution >= 0.6 is 0 Å². The fourth-order valence-electron chi connectivity index (χ4n) is 2.73. The van der Waals surface area contributed by atoms with Crippen LogP contribution in [-0.2, 0) is 4.79 Å². The molecule has 0 spiro atoms. The van der Waals surface area contributed by atoms with Crippen LogP contribution in [0.4, 0.5) is 5.69 Å².